The van der Waals surface area contributed by atoms with E-state index in [9.17, 15) is 9.59 Å². The molecule has 150 valence electrons. The maximum Gasteiger partial charge on any atom is 0.258 e. The molecule has 3 aromatic rings. The van der Waals surface area contributed by atoms with Crippen LogP contribution in [0.2, 0.25) is 0 Å². The normalized spacial score (nSPS) is 13.8. The lowest BCUT2D eigenvalue weighted by Crippen LogP contribution is -2.29. The fraction of sp³-hybridized carbons (Fsp3) is 0.154. The van der Waals surface area contributed by atoms with E-state index in [2.05, 4.69) is 57.2 Å². The number of benzene rings is 3. The second-order valence-electron chi connectivity index (χ2n) is 7.96. The van der Waals surface area contributed by atoms with Crippen molar-refractivity contribution in [3.05, 3.63) is 102 Å². The fourth-order valence-electron chi connectivity index (χ4n) is 3.53. The lowest BCUT2D eigenvalue weighted by atomic mass is 9.78. The zero-order valence-corrected chi connectivity index (χ0v) is 17.3. The fourth-order valence-corrected chi connectivity index (χ4v) is 3.53. The van der Waals surface area contributed by atoms with Gasteiger partial charge in [0.1, 0.15) is 11.5 Å². The highest BCUT2D eigenvalue weighted by Gasteiger charge is 2.25. The molecule has 0 aromatic heterocycles. The summed E-state index contributed by atoms with van der Waals surface area (Å²) in [6.07, 6.45) is 2.54. The molecule has 1 heterocycles. The van der Waals surface area contributed by atoms with Crippen LogP contribution in [-0.4, -0.2) is 11.8 Å². The maximum atomic E-state index is 11.8. The van der Waals surface area contributed by atoms with Gasteiger partial charge in [-0.25, -0.2) is 4.90 Å². The zero-order chi connectivity index (χ0) is 21.3. The number of hydrogen-bond acceptors (Lipinski definition) is 3. The average Bonchev–Trinajstić information content (AvgIpc) is 3.07. The lowest BCUT2D eigenvalue weighted by molar-refractivity contribution is -0.119. The Kier molecular flexibility index (Phi) is 5.00. The van der Waals surface area contributed by atoms with Gasteiger partial charge in [-0.1, -0.05) is 55.8 Å². The molecule has 0 bridgehead atoms. The second kappa shape index (κ2) is 7.64. The van der Waals surface area contributed by atoms with Crippen molar-refractivity contribution in [1.82, 2.24) is 0 Å². The molecule has 0 radical (unpaired) electrons. The van der Waals surface area contributed by atoms with Crippen LogP contribution in [0.3, 0.4) is 0 Å². The van der Waals surface area contributed by atoms with E-state index in [1.807, 2.05) is 12.1 Å². The Morgan fingerprint density at radius 1 is 0.667 bits per heavy atom. The van der Waals surface area contributed by atoms with Crippen LogP contribution in [0.25, 0.3) is 0 Å². The molecule has 0 atom stereocenters. The molecule has 1 aliphatic rings. The number of imide groups is 1. The number of hydrogen-bond donors (Lipinski definition) is 0. The first-order valence-electron chi connectivity index (χ1n) is 9.86. The number of carbonyl (C=O) groups excluding carboxylic acids is 2. The Morgan fingerprint density at radius 3 is 1.60 bits per heavy atom. The van der Waals surface area contributed by atoms with Gasteiger partial charge >= 0.3 is 0 Å². The summed E-state index contributed by atoms with van der Waals surface area (Å²) in [6, 6.07) is 23.6. The number of anilines is 1. The molecule has 30 heavy (non-hydrogen) atoms. The van der Waals surface area contributed by atoms with Gasteiger partial charge in [0.2, 0.25) is 0 Å². The third-order valence-corrected chi connectivity index (χ3v) is 5.49. The average molecular weight is 397 g/mol. The van der Waals surface area contributed by atoms with Crippen LogP contribution in [0.4, 0.5) is 5.69 Å². The molecule has 0 spiro atoms. The number of carbonyl (C=O) groups is 2. The van der Waals surface area contributed by atoms with Crippen molar-refractivity contribution < 1.29 is 14.3 Å². The molecule has 0 aliphatic carbocycles. The van der Waals surface area contributed by atoms with Gasteiger partial charge in [0.25, 0.3) is 11.8 Å². The van der Waals surface area contributed by atoms with Crippen molar-refractivity contribution in [3.63, 3.8) is 0 Å². The first-order valence-corrected chi connectivity index (χ1v) is 9.86. The van der Waals surface area contributed by atoms with Crippen molar-refractivity contribution in [1.29, 1.82) is 0 Å². The third kappa shape index (κ3) is 3.77. The predicted octanol–water partition coefficient (Wildman–Crippen LogP) is 5.54. The van der Waals surface area contributed by atoms with Crippen LogP contribution in [0.5, 0.6) is 11.5 Å². The monoisotopic (exact) mass is 397 g/mol. The largest absolute Gasteiger partial charge is 0.457 e. The van der Waals surface area contributed by atoms with Crippen molar-refractivity contribution in [2.45, 2.75) is 26.2 Å². The minimum absolute atomic E-state index is 0.114. The van der Waals surface area contributed by atoms with Gasteiger partial charge in [0.15, 0.2) is 0 Å². The van der Waals surface area contributed by atoms with Gasteiger partial charge < -0.3 is 4.74 Å². The predicted molar refractivity (Wildman–Crippen MR) is 118 cm³/mol. The summed E-state index contributed by atoms with van der Waals surface area (Å²) in [5, 5.41) is 0. The van der Waals surface area contributed by atoms with E-state index in [1.54, 1.807) is 24.3 Å². The molecule has 0 saturated carbocycles. The Bertz CT molecular complexity index is 1090. The summed E-state index contributed by atoms with van der Waals surface area (Å²) in [6.45, 7) is 6.51. The van der Waals surface area contributed by atoms with Crippen LogP contribution in [0.1, 0.15) is 30.5 Å². The minimum Gasteiger partial charge on any atom is -0.457 e. The first-order chi connectivity index (χ1) is 14.3. The van der Waals surface area contributed by atoms with Crippen LogP contribution >= 0.6 is 0 Å². The summed E-state index contributed by atoms with van der Waals surface area (Å²) in [4.78, 5) is 24.7. The van der Waals surface area contributed by atoms with Crippen LogP contribution in [0, 0.1) is 6.92 Å². The molecule has 4 heteroatoms. The lowest BCUT2D eigenvalue weighted by Gasteiger charge is -2.26. The topological polar surface area (TPSA) is 46.6 Å². The highest BCUT2D eigenvalue weighted by molar-refractivity contribution is 6.28. The van der Waals surface area contributed by atoms with Crippen molar-refractivity contribution >= 4 is 17.5 Å². The molecule has 3 aromatic carbocycles. The van der Waals surface area contributed by atoms with Gasteiger partial charge in [0.05, 0.1) is 5.69 Å². The van der Waals surface area contributed by atoms with E-state index in [-0.39, 0.29) is 17.2 Å². The zero-order valence-electron chi connectivity index (χ0n) is 17.3. The quantitative estimate of drug-likeness (QED) is 0.531. The molecular formula is C26H23NO3. The molecule has 4 rings (SSSR count). The number of nitrogens with zero attached hydrogens (tertiary/aromatic N) is 1. The Labute approximate surface area is 176 Å². The Morgan fingerprint density at radius 2 is 1.10 bits per heavy atom. The molecule has 0 saturated heterocycles. The molecule has 0 fully saturated rings. The maximum absolute atomic E-state index is 11.8. The van der Waals surface area contributed by atoms with Crippen LogP contribution in [-0.2, 0) is 15.0 Å². The number of amides is 2. The van der Waals surface area contributed by atoms with Gasteiger partial charge in [-0.15, -0.1) is 0 Å². The highest BCUT2D eigenvalue weighted by atomic mass is 16.5. The van der Waals surface area contributed by atoms with E-state index in [4.69, 9.17) is 4.74 Å². The summed E-state index contributed by atoms with van der Waals surface area (Å²) >= 11 is 0. The van der Waals surface area contributed by atoms with Crippen molar-refractivity contribution in [2.24, 2.45) is 0 Å². The summed E-state index contributed by atoms with van der Waals surface area (Å²) in [7, 11) is 0. The van der Waals surface area contributed by atoms with E-state index in [1.165, 1.54) is 28.8 Å². The van der Waals surface area contributed by atoms with Gasteiger partial charge in [0, 0.05) is 17.6 Å². The summed E-state index contributed by atoms with van der Waals surface area (Å²) in [5.74, 6) is 0.693. The number of ether oxygens (including phenoxy) is 1. The van der Waals surface area contributed by atoms with Gasteiger partial charge in [-0.05, 0) is 54.4 Å². The minimum atomic E-state index is -0.333. The van der Waals surface area contributed by atoms with Gasteiger partial charge in [-0.3, -0.25) is 9.59 Å². The highest BCUT2D eigenvalue weighted by Crippen LogP contribution is 2.33. The molecule has 4 nitrogen and oxygen atoms in total. The molecule has 0 unspecified atom stereocenters. The Hall–Kier alpha value is -3.66. The number of aryl methyl sites for hydroxylation is 1. The first kappa shape index (κ1) is 19.6. The van der Waals surface area contributed by atoms with E-state index >= 15 is 0 Å². The standard InChI is InChI=1S/C26H23NO3/c1-18-4-6-19(7-5-18)26(2,3)20-8-12-22(13-9-20)30-23-14-10-21(11-15-23)27-24(28)16-17-25(27)29/h4-17H,1-3H3. The van der Waals surface area contributed by atoms with Gasteiger partial charge in [-0.2, -0.15) is 0 Å². The van der Waals surface area contributed by atoms with E-state index < -0.39 is 0 Å². The van der Waals surface area contributed by atoms with E-state index in [0.29, 0.717) is 11.4 Å². The second-order valence-corrected chi connectivity index (χ2v) is 7.96. The summed E-state index contributed by atoms with van der Waals surface area (Å²) in [5.41, 5.74) is 4.12. The SMILES string of the molecule is Cc1ccc(C(C)(C)c2ccc(Oc3ccc(N4C(=O)C=CC4=O)cc3)cc2)cc1. The van der Waals surface area contributed by atoms with Crippen molar-refractivity contribution in [2.75, 3.05) is 4.90 Å². The molecule has 2 amide bonds. The Balaban J connectivity index is 1.48. The van der Waals surface area contributed by atoms with Crippen LogP contribution < -0.4 is 9.64 Å². The van der Waals surface area contributed by atoms with Crippen molar-refractivity contribution in [3.8, 4) is 11.5 Å². The molecule has 1 aliphatic heterocycles. The van der Waals surface area contributed by atoms with Crippen LogP contribution in [0.15, 0.2) is 84.9 Å². The number of rotatable bonds is 5. The molecule has 0 N–H and O–H groups in total. The third-order valence-electron chi connectivity index (χ3n) is 5.49. The summed E-state index contributed by atoms with van der Waals surface area (Å²) < 4.78 is 5.93. The molecular weight excluding hydrogens is 374 g/mol. The smallest absolute Gasteiger partial charge is 0.258 e. The van der Waals surface area contributed by atoms with E-state index in [0.717, 1.165) is 10.6 Å².